The minimum Gasteiger partial charge on any atom is -0.405 e. The summed E-state index contributed by atoms with van der Waals surface area (Å²) in [5.41, 5.74) is 0.402. The van der Waals surface area contributed by atoms with Crippen molar-refractivity contribution in [2.75, 3.05) is 6.54 Å². The Kier molecular flexibility index (Phi) is 3.94. The summed E-state index contributed by atoms with van der Waals surface area (Å²) in [7, 11) is 0. The fourth-order valence-electron chi connectivity index (χ4n) is 1.88. The van der Waals surface area contributed by atoms with Gasteiger partial charge in [0.2, 0.25) is 5.91 Å². The average Bonchev–Trinajstić information content (AvgIpc) is 2.72. The second kappa shape index (κ2) is 5.48. The highest BCUT2D eigenvalue weighted by molar-refractivity contribution is 5.78. The Balaban J connectivity index is 1.97. The zero-order valence-electron chi connectivity index (χ0n) is 9.96. The molecule has 2 N–H and O–H groups in total. The van der Waals surface area contributed by atoms with Crippen LogP contribution in [0.25, 0.3) is 0 Å². The molecule has 1 aromatic rings. The Hall–Kier alpha value is -1.76. The van der Waals surface area contributed by atoms with E-state index in [9.17, 15) is 18.0 Å². The maximum atomic E-state index is 12.2. The number of amides is 1. The Morgan fingerprint density at radius 1 is 1.37 bits per heavy atom. The minimum absolute atomic E-state index is 0.0580. The molecule has 0 saturated carbocycles. The number of rotatable bonds is 4. The molecule has 1 aliphatic heterocycles. The van der Waals surface area contributed by atoms with E-state index in [1.165, 1.54) is 12.1 Å². The van der Waals surface area contributed by atoms with Gasteiger partial charge in [-0.2, -0.15) is 0 Å². The molecule has 0 spiro atoms. The summed E-state index contributed by atoms with van der Waals surface area (Å²) in [5.74, 6) is -0.280. The first-order valence-corrected chi connectivity index (χ1v) is 5.78. The molecule has 0 aromatic heterocycles. The number of hydrogen-bond donors (Lipinski definition) is 2. The van der Waals surface area contributed by atoms with Crippen LogP contribution >= 0.6 is 0 Å². The van der Waals surface area contributed by atoms with E-state index in [4.69, 9.17) is 0 Å². The highest BCUT2D eigenvalue weighted by Gasteiger charge is 2.32. The molecule has 104 valence electrons. The van der Waals surface area contributed by atoms with Crippen LogP contribution in [0.4, 0.5) is 13.2 Å². The number of carbonyl (C=O) groups excluding carboxylic acids is 1. The first-order valence-electron chi connectivity index (χ1n) is 5.78. The molecule has 1 heterocycles. The number of carbonyl (C=O) groups is 1. The molecular weight excluding hydrogens is 261 g/mol. The molecular formula is C12H13F3N2O2. The lowest BCUT2D eigenvalue weighted by Crippen LogP contribution is -2.30. The van der Waals surface area contributed by atoms with Gasteiger partial charge in [0.25, 0.3) is 0 Å². The molecule has 0 bridgehead atoms. The van der Waals surface area contributed by atoms with Crippen LogP contribution in [0.3, 0.4) is 0 Å². The van der Waals surface area contributed by atoms with Crippen molar-refractivity contribution in [3.05, 3.63) is 29.8 Å². The fraction of sp³-hybridized carbons (Fsp3) is 0.417. The Morgan fingerprint density at radius 3 is 2.74 bits per heavy atom. The van der Waals surface area contributed by atoms with E-state index in [0.717, 1.165) is 0 Å². The van der Waals surface area contributed by atoms with Gasteiger partial charge in [0, 0.05) is 31.1 Å². The predicted molar refractivity (Wildman–Crippen MR) is 61.4 cm³/mol. The molecule has 1 atom stereocenters. The first-order chi connectivity index (χ1) is 8.94. The van der Waals surface area contributed by atoms with Crippen molar-refractivity contribution in [3.63, 3.8) is 0 Å². The number of nitrogens with one attached hydrogen (secondary N) is 2. The van der Waals surface area contributed by atoms with Gasteiger partial charge < -0.3 is 15.4 Å². The number of halogens is 3. The van der Waals surface area contributed by atoms with Gasteiger partial charge in [0.05, 0.1) is 0 Å². The Labute approximate surface area is 107 Å². The van der Waals surface area contributed by atoms with Gasteiger partial charge in [0.15, 0.2) is 0 Å². The van der Waals surface area contributed by atoms with Gasteiger partial charge in [-0.1, -0.05) is 18.2 Å². The Morgan fingerprint density at radius 2 is 2.11 bits per heavy atom. The lowest BCUT2D eigenvalue weighted by molar-refractivity contribution is -0.274. The van der Waals surface area contributed by atoms with Crippen molar-refractivity contribution in [1.82, 2.24) is 10.6 Å². The van der Waals surface area contributed by atoms with Crippen LogP contribution in [0.1, 0.15) is 12.0 Å². The number of alkyl halides is 3. The van der Waals surface area contributed by atoms with E-state index in [1.807, 2.05) is 0 Å². The molecule has 1 saturated heterocycles. The second-order valence-electron chi connectivity index (χ2n) is 4.24. The molecule has 4 nitrogen and oxygen atoms in total. The zero-order valence-corrected chi connectivity index (χ0v) is 9.96. The first kappa shape index (κ1) is 13.7. The smallest absolute Gasteiger partial charge is 0.405 e. The second-order valence-corrected chi connectivity index (χ2v) is 4.24. The molecule has 1 aliphatic rings. The van der Waals surface area contributed by atoms with Crippen molar-refractivity contribution < 1.29 is 22.7 Å². The SMILES string of the molecule is O=C1CC(NCc2ccccc2OC(F)(F)F)CN1. The van der Waals surface area contributed by atoms with Gasteiger partial charge in [-0.15, -0.1) is 13.2 Å². The highest BCUT2D eigenvalue weighted by Crippen LogP contribution is 2.26. The maximum Gasteiger partial charge on any atom is 0.573 e. The van der Waals surface area contributed by atoms with E-state index in [2.05, 4.69) is 15.4 Å². The third-order valence-electron chi connectivity index (χ3n) is 2.76. The van der Waals surface area contributed by atoms with E-state index in [-0.39, 0.29) is 24.2 Å². The summed E-state index contributed by atoms with van der Waals surface area (Å²) < 4.78 is 40.6. The summed E-state index contributed by atoms with van der Waals surface area (Å²) in [6, 6.07) is 5.87. The topological polar surface area (TPSA) is 50.4 Å². The minimum atomic E-state index is -4.71. The van der Waals surface area contributed by atoms with Crippen molar-refractivity contribution in [2.45, 2.75) is 25.4 Å². The highest BCUT2D eigenvalue weighted by atomic mass is 19.4. The van der Waals surface area contributed by atoms with Crippen LogP contribution in [0, 0.1) is 0 Å². The van der Waals surface area contributed by atoms with Gasteiger partial charge in [-0.05, 0) is 6.07 Å². The fourth-order valence-corrected chi connectivity index (χ4v) is 1.88. The van der Waals surface area contributed by atoms with Crippen LogP contribution in [-0.2, 0) is 11.3 Å². The van der Waals surface area contributed by atoms with Crippen molar-refractivity contribution in [1.29, 1.82) is 0 Å². The predicted octanol–water partition coefficient (Wildman–Crippen LogP) is 1.56. The molecule has 1 amide bonds. The monoisotopic (exact) mass is 274 g/mol. The van der Waals surface area contributed by atoms with E-state index >= 15 is 0 Å². The largest absolute Gasteiger partial charge is 0.573 e. The van der Waals surface area contributed by atoms with Crippen molar-refractivity contribution in [2.24, 2.45) is 0 Å². The Bertz CT molecular complexity index is 463. The lowest BCUT2D eigenvalue weighted by Gasteiger charge is -2.15. The van der Waals surface area contributed by atoms with Crippen LogP contribution in [0.5, 0.6) is 5.75 Å². The molecule has 0 aliphatic carbocycles. The van der Waals surface area contributed by atoms with Crippen molar-refractivity contribution in [3.8, 4) is 5.75 Å². The number of para-hydroxylation sites is 1. The molecule has 0 radical (unpaired) electrons. The maximum absolute atomic E-state index is 12.2. The van der Waals surface area contributed by atoms with Gasteiger partial charge in [-0.3, -0.25) is 4.79 Å². The number of ether oxygens (including phenoxy) is 1. The van der Waals surface area contributed by atoms with Crippen LogP contribution < -0.4 is 15.4 Å². The third-order valence-corrected chi connectivity index (χ3v) is 2.76. The summed E-state index contributed by atoms with van der Waals surface area (Å²) >= 11 is 0. The summed E-state index contributed by atoms with van der Waals surface area (Å²) in [6.45, 7) is 0.701. The molecule has 1 aromatic carbocycles. The third kappa shape index (κ3) is 4.13. The summed E-state index contributed by atoms with van der Waals surface area (Å²) in [5, 5.41) is 5.67. The van der Waals surface area contributed by atoms with Gasteiger partial charge in [-0.25, -0.2) is 0 Å². The van der Waals surface area contributed by atoms with Crippen LogP contribution in [0.2, 0.25) is 0 Å². The summed E-state index contributed by atoms with van der Waals surface area (Å²) in [6.07, 6.45) is -4.37. The molecule has 7 heteroatoms. The quantitative estimate of drug-likeness (QED) is 0.876. The molecule has 2 rings (SSSR count). The summed E-state index contributed by atoms with van der Waals surface area (Å²) in [4.78, 5) is 11.0. The van der Waals surface area contributed by atoms with Crippen LogP contribution in [0.15, 0.2) is 24.3 Å². The van der Waals surface area contributed by atoms with E-state index < -0.39 is 6.36 Å². The van der Waals surface area contributed by atoms with Gasteiger partial charge >= 0.3 is 6.36 Å². The van der Waals surface area contributed by atoms with E-state index in [0.29, 0.717) is 18.5 Å². The zero-order chi connectivity index (χ0) is 13.9. The molecule has 1 unspecified atom stereocenters. The van der Waals surface area contributed by atoms with Gasteiger partial charge in [0.1, 0.15) is 5.75 Å². The molecule has 1 fully saturated rings. The molecule has 19 heavy (non-hydrogen) atoms. The van der Waals surface area contributed by atoms with E-state index in [1.54, 1.807) is 12.1 Å². The average molecular weight is 274 g/mol. The van der Waals surface area contributed by atoms with Crippen molar-refractivity contribution >= 4 is 5.91 Å². The number of benzene rings is 1. The normalized spacial score (nSPS) is 19.3. The lowest BCUT2D eigenvalue weighted by atomic mass is 10.2. The number of hydrogen-bond acceptors (Lipinski definition) is 3. The standard InChI is InChI=1S/C12H13F3N2O2/c13-12(14,15)19-10-4-2-1-3-8(10)6-16-9-5-11(18)17-7-9/h1-4,9,16H,5-7H2,(H,17,18). The van der Waals surface area contributed by atoms with Crippen LogP contribution in [-0.4, -0.2) is 24.9 Å².